The fourth-order valence-corrected chi connectivity index (χ4v) is 5.63. The van der Waals surface area contributed by atoms with Gasteiger partial charge in [0, 0.05) is 5.41 Å². The number of phenolic OH excluding ortho intramolecular Hbond substituents is 3. The molecule has 3 aromatic rings. The minimum Gasteiger partial charge on any atom is -0.508 e. The summed E-state index contributed by atoms with van der Waals surface area (Å²) in [5.41, 5.74) is 6.11. The molecular weight excluding hydrogens is 384 g/mol. The Labute approximate surface area is 185 Å². The zero-order valence-electron chi connectivity index (χ0n) is 18.8. The van der Waals surface area contributed by atoms with E-state index < -0.39 is 0 Å². The van der Waals surface area contributed by atoms with E-state index in [2.05, 4.69) is 43.3 Å². The number of benzene rings is 3. The van der Waals surface area contributed by atoms with Crippen molar-refractivity contribution in [2.24, 2.45) is 5.92 Å². The van der Waals surface area contributed by atoms with E-state index in [0.717, 1.165) is 36.0 Å². The molecule has 3 nitrogen and oxygen atoms in total. The van der Waals surface area contributed by atoms with Gasteiger partial charge in [-0.15, -0.1) is 0 Å². The van der Waals surface area contributed by atoms with Crippen LogP contribution in [0.1, 0.15) is 65.5 Å². The number of rotatable bonds is 3. The average Bonchev–Trinajstić information content (AvgIpc) is 2.74. The van der Waals surface area contributed by atoms with Gasteiger partial charge in [-0.1, -0.05) is 49.7 Å². The highest BCUT2D eigenvalue weighted by molar-refractivity contribution is 5.50. The maximum absolute atomic E-state index is 10.2. The van der Waals surface area contributed by atoms with E-state index in [-0.39, 0.29) is 11.3 Å². The third kappa shape index (κ3) is 3.56. The molecule has 0 bridgehead atoms. The first-order valence-electron chi connectivity index (χ1n) is 11.1. The molecule has 0 radical (unpaired) electrons. The molecule has 1 aliphatic rings. The Morgan fingerprint density at radius 2 is 1.19 bits per heavy atom. The summed E-state index contributed by atoms with van der Waals surface area (Å²) in [4.78, 5) is 0. The van der Waals surface area contributed by atoms with Crippen molar-refractivity contribution in [3.63, 3.8) is 0 Å². The fourth-order valence-electron chi connectivity index (χ4n) is 5.63. The number of hydrogen-bond acceptors (Lipinski definition) is 3. The third-order valence-corrected chi connectivity index (χ3v) is 7.54. The Morgan fingerprint density at radius 3 is 1.68 bits per heavy atom. The van der Waals surface area contributed by atoms with E-state index >= 15 is 0 Å². The molecule has 0 amide bonds. The molecule has 0 aromatic heterocycles. The molecule has 4 rings (SSSR count). The highest BCUT2D eigenvalue weighted by atomic mass is 16.3. The lowest BCUT2D eigenvalue weighted by atomic mass is 9.55. The van der Waals surface area contributed by atoms with Crippen LogP contribution < -0.4 is 0 Å². The second kappa shape index (κ2) is 7.96. The fraction of sp³-hybridized carbons (Fsp3) is 0.357. The lowest BCUT2D eigenvalue weighted by Crippen LogP contribution is -2.41. The Bertz CT molecular complexity index is 1060. The lowest BCUT2D eigenvalue weighted by molar-refractivity contribution is 0.209. The Hall–Kier alpha value is -2.94. The summed E-state index contributed by atoms with van der Waals surface area (Å²) in [7, 11) is 0. The van der Waals surface area contributed by atoms with Crippen molar-refractivity contribution in [1.29, 1.82) is 0 Å². The average molecular weight is 417 g/mol. The van der Waals surface area contributed by atoms with Gasteiger partial charge in [0.25, 0.3) is 0 Å². The lowest BCUT2D eigenvalue weighted by Gasteiger charge is -2.48. The molecule has 31 heavy (non-hydrogen) atoms. The van der Waals surface area contributed by atoms with E-state index in [9.17, 15) is 15.3 Å². The molecular formula is C28H32O3. The standard InChI is InChI=1S/C28H32O3/c1-17-14-21(7-10-25(17)29)24-6-5-13-28(20(24)4,22-8-11-26(30)18(2)15-22)23-9-12-27(31)19(3)16-23/h7-12,14-16,20,24,29-31H,5-6,13H2,1-4H3. The molecule has 0 heterocycles. The summed E-state index contributed by atoms with van der Waals surface area (Å²) in [5, 5.41) is 30.4. The van der Waals surface area contributed by atoms with Crippen LogP contribution in [-0.2, 0) is 5.41 Å². The second-order valence-corrected chi connectivity index (χ2v) is 9.31. The van der Waals surface area contributed by atoms with Crippen LogP contribution in [0.25, 0.3) is 0 Å². The zero-order chi connectivity index (χ0) is 22.3. The molecule has 0 aliphatic heterocycles. The van der Waals surface area contributed by atoms with Crippen molar-refractivity contribution < 1.29 is 15.3 Å². The van der Waals surface area contributed by atoms with E-state index in [1.54, 1.807) is 12.1 Å². The predicted molar refractivity (Wildman–Crippen MR) is 125 cm³/mol. The molecule has 1 fully saturated rings. The van der Waals surface area contributed by atoms with Crippen LogP contribution in [0.2, 0.25) is 0 Å². The first-order valence-corrected chi connectivity index (χ1v) is 11.1. The maximum atomic E-state index is 10.2. The van der Waals surface area contributed by atoms with Crippen LogP contribution in [0, 0.1) is 26.7 Å². The highest BCUT2D eigenvalue weighted by Gasteiger charge is 2.46. The van der Waals surface area contributed by atoms with Gasteiger partial charge < -0.3 is 15.3 Å². The molecule has 2 atom stereocenters. The minimum atomic E-state index is -0.231. The molecule has 1 saturated carbocycles. The quantitative estimate of drug-likeness (QED) is 0.450. The SMILES string of the molecule is Cc1cc(C2CCCC(c3ccc(O)c(C)c3)(c3ccc(O)c(C)c3)C2C)ccc1O. The summed E-state index contributed by atoms with van der Waals surface area (Å²) in [6.45, 7) is 8.18. The summed E-state index contributed by atoms with van der Waals surface area (Å²) in [6.07, 6.45) is 3.19. The van der Waals surface area contributed by atoms with Crippen LogP contribution in [-0.4, -0.2) is 15.3 Å². The molecule has 3 N–H and O–H groups in total. The number of hydrogen-bond donors (Lipinski definition) is 3. The normalized spacial score (nSPS) is 20.5. The van der Waals surface area contributed by atoms with E-state index in [1.807, 2.05) is 26.8 Å². The van der Waals surface area contributed by atoms with Gasteiger partial charge in [-0.3, -0.25) is 0 Å². The first-order chi connectivity index (χ1) is 14.7. The van der Waals surface area contributed by atoms with Gasteiger partial charge >= 0.3 is 0 Å². The summed E-state index contributed by atoms with van der Waals surface area (Å²) < 4.78 is 0. The summed E-state index contributed by atoms with van der Waals surface area (Å²) >= 11 is 0. The van der Waals surface area contributed by atoms with Gasteiger partial charge in [0.2, 0.25) is 0 Å². The molecule has 2 unspecified atom stereocenters. The van der Waals surface area contributed by atoms with Gasteiger partial charge in [-0.25, -0.2) is 0 Å². The Balaban J connectivity index is 1.91. The van der Waals surface area contributed by atoms with Crippen LogP contribution >= 0.6 is 0 Å². The maximum Gasteiger partial charge on any atom is 0.118 e. The summed E-state index contributed by atoms with van der Waals surface area (Å²) in [5.74, 6) is 1.60. The Kier molecular flexibility index (Phi) is 5.47. The van der Waals surface area contributed by atoms with Crippen LogP contribution in [0.15, 0.2) is 54.6 Å². The second-order valence-electron chi connectivity index (χ2n) is 9.31. The predicted octanol–water partition coefficient (Wildman–Crippen LogP) is 6.62. The summed E-state index contributed by atoms with van der Waals surface area (Å²) in [6, 6.07) is 18.0. The molecule has 1 aliphatic carbocycles. The van der Waals surface area contributed by atoms with Crippen molar-refractivity contribution in [3.05, 3.63) is 88.0 Å². The largest absolute Gasteiger partial charge is 0.508 e. The third-order valence-electron chi connectivity index (χ3n) is 7.54. The van der Waals surface area contributed by atoms with Crippen molar-refractivity contribution in [3.8, 4) is 17.2 Å². The van der Waals surface area contributed by atoms with Crippen LogP contribution in [0.5, 0.6) is 17.2 Å². The smallest absolute Gasteiger partial charge is 0.118 e. The van der Waals surface area contributed by atoms with Crippen molar-refractivity contribution in [2.45, 2.75) is 58.3 Å². The van der Waals surface area contributed by atoms with Crippen molar-refractivity contribution in [1.82, 2.24) is 0 Å². The molecule has 3 heteroatoms. The van der Waals surface area contributed by atoms with Gasteiger partial charge in [-0.2, -0.15) is 0 Å². The first kappa shape index (κ1) is 21.3. The highest BCUT2D eigenvalue weighted by Crippen LogP contribution is 2.54. The topological polar surface area (TPSA) is 60.7 Å². The van der Waals surface area contributed by atoms with Gasteiger partial charge in [0.15, 0.2) is 0 Å². The number of phenols is 3. The van der Waals surface area contributed by atoms with Crippen molar-refractivity contribution in [2.75, 3.05) is 0 Å². The molecule has 3 aromatic carbocycles. The Morgan fingerprint density at radius 1 is 0.710 bits per heavy atom. The minimum absolute atomic E-state index is 0.231. The van der Waals surface area contributed by atoms with Crippen LogP contribution in [0.3, 0.4) is 0 Å². The van der Waals surface area contributed by atoms with E-state index in [1.165, 1.54) is 16.7 Å². The van der Waals surface area contributed by atoms with Crippen molar-refractivity contribution >= 4 is 0 Å². The molecule has 0 spiro atoms. The molecule has 162 valence electrons. The van der Waals surface area contributed by atoms with Gasteiger partial charge in [0.05, 0.1) is 0 Å². The van der Waals surface area contributed by atoms with Gasteiger partial charge in [-0.05, 0) is 97.0 Å². The van der Waals surface area contributed by atoms with E-state index in [0.29, 0.717) is 23.2 Å². The van der Waals surface area contributed by atoms with E-state index in [4.69, 9.17) is 0 Å². The zero-order valence-corrected chi connectivity index (χ0v) is 18.8. The van der Waals surface area contributed by atoms with Gasteiger partial charge in [0.1, 0.15) is 17.2 Å². The monoisotopic (exact) mass is 416 g/mol. The van der Waals surface area contributed by atoms with Crippen LogP contribution in [0.4, 0.5) is 0 Å². The number of aryl methyl sites for hydroxylation is 3. The molecule has 0 saturated heterocycles. The number of aromatic hydroxyl groups is 3.